The van der Waals surface area contributed by atoms with Crippen molar-refractivity contribution in [2.75, 3.05) is 0 Å². The number of aromatic nitrogens is 1. The molecule has 0 unspecified atom stereocenters. The van der Waals surface area contributed by atoms with Crippen LogP contribution in [0.1, 0.15) is 30.5 Å². The van der Waals surface area contributed by atoms with Gasteiger partial charge in [-0.2, -0.15) is 0 Å². The third-order valence-electron chi connectivity index (χ3n) is 3.88. The fourth-order valence-corrected chi connectivity index (χ4v) is 2.66. The van der Waals surface area contributed by atoms with Crippen molar-refractivity contribution >= 4 is 16.6 Å². The third kappa shape index (κ3) is 6.42. The minimum atomic E-state index is -0.125. The van der Waals surface area contributed by atoms with Crippen LogP contribution in [0.5, 0.6) is 0 Å². The quantitative estimate of drug-likeness (QED) is 0.260. The predicted molar refractivity (Wildman–Crippen MR) is 107 cm³/mol. The van der Waals surface area contributed by atoms with Crippen molar-refractivity contribution in [1.82, 2.24) is 4.98 Å². The SMILES string of the molecule is CC(=O)/C=C(/C)O.Cc1c[c-]c(-c2ncc(C)c3ccc(C)cc23)cc1.[Ir]. The van der Waals surface area contributed by atoms with Gasteiger partial charge in [0.1, 0.15) is 0 Å². The van der Waals surface area contributed by atoms with Crippen LogP contribution < -0.4 is 0 Å². The molecule has 0 fully saturated rings. The van der Waals surface area contributed by atoms with E-state index in [9.17, 15) is 4.79 Å². The maximum Gasteiger partial charge on any atom is 0.155 e. The van der Waals surface area contributed by atoms with Crippen molar-refractivity contribution < 1.29 is 30.0 Å². The number of rotatable bonds is 2. The van der Waals surface area contributed by atoms with Crippen LogP contribution in [0.3, 0.4) is 0 Å². The van der Waals surface area contributed by atoms with E-state index in [0.29, 0.717) is 0 Å². The molecule has 0 aliphatic heterocycles. The number of aliphatic hydroxyl groups excluding tert-OH is 1. The average Bonchev–Trinajstić information content (AvgIpc) is 2.55. The number of nitrogens with zero attached hydrogens (tertiary/aromatic N) is 1. The summed E-state index contributed by atoms with van der Waals surface area (Å²) in [5, 5.41) is 10.8. The van der Waals surface area contributed by atoms with Gasteiger partial charge < -0.3 is 10.1 Å². The molecule has 2 aromatic carbocycles. The van der Waals surface area contributed by atoms with E-state index in [1.807, 2.05) is 12.3 Å². The first-order valence-electron chi connectivity index (χ1n) is 8.50. The Bertz CT molecular complexity index is 956. The first kappa shape index (κ1) is 22.7. The van der Waals surface area contributed by atoms with Crippen molar-refractivity contribution in [1.29, 1.82) is 0 Å². The second-order valence-corrected chi connectivity index (χ2v) is 6.51. The molecule has 27 heavy (non-hydrogen) atoms. The van der Waals surface area contributed by atoms with Gasteiger partial charge in [0.15, 0.2) is 5.78 Å². The molecule has 0 atom stereocenters. The van der Waals surface area contributed by atoms with E-state index < -0.39 is 0 Å². The summed E-state index contributed by atoms with van der Waals surface area (Å²) in [5.41, 5.74) is 5.76. The van der Waals surface area contributed by atoms with Crippen LogP contribution in [0, 0.1) is 26.8 Å². The Morgan fingerprint density at radius 3 is 2.22 bits per heavy atom. The molecule has 3 nitrogen and oxygen atoms in total. The van der Waals surface area contributed by atoms with Gasteiger partial charge in [0, 0.05) is 32.4 Å². The molecule has 1 heterocycles. The van der Waals surface area contributed by atoms with E-state index in [2.05, 4.69) is 62.2 Å². The number of aliphatic hydroxyl groups is 1. The maximum atomic E-state index is 10.0. The zero-order valence-electron chi connectivity index (χ0n) is 16.3. The smallest absolute Gasteiger partial charge is 0.155 e. The molecule has 0 amide bonds. The number of carbonyl (C=O) groups is 1. The largest absolute Gasteiger partial charge is 0.512 e. The fraction of sp³-hybridized carbons (Fsp3) is 0.217. The molecule has 1 aromatic heterocycles. The number of hydrogen-bond acceptors (Lipinski definition) is 3. The molecule has 3 rings (SSSR count). The van der Waals surface area contributed by atoms with Gasteiger partial charge in [-0.15, -0.1) is 35.4 Å². The Morgan fingerprint density at radius 1 is 1.04 bits per heavy atom. The summed E-state index contributed by atoms with van der Waals surface area (Å²) in [4.78, 5) is 14.6. The second-order valence-electron chi connectivity index (χ2n) is 6.51. The van der Waals surface area contributed by atoms with Gasteiger partial charge in [0.25, 0.3) is 0 Å². The summed E-state index contributed by atoms with van der Waals surface area (Å²) in [6.07, 6.45) is 3.11. The maximum absolute atomic E-state index is 10.0. The van der Waals surface area contributed by atoms with Gasteiger partial charge in [0.05, 0.1) is 5.76 Å². The van der Waals surface area contributed by atoms with Crippen molar-refractivity contribution in [3.63, 3.8) is 0 Å². The first-order chi connectivity index (χ1) is 12.3. The Kier molecular flexibility index (Phi) is 8.55. The molecular weight excluding hydrogens is 514 g/mol. The predicted octanol–water partition coefficient (Wildman–Crippen LogP) is 5.66. The zero-order valence-corrected chi connectivity index (χ0v) is 18.6. The van der Waals surface area contributed by atoms with Gasteiger partial charge in [-0.05, 0) is 49.7 Å². The molecule has 3 aromatic rings. The number of hydrogen-bond donors (Lipinski definition) is 1. The molecule has 1 radical (unpaired) electrons. The normalized spacial score (nSPS) is 10.6. The van der Waals surface area contributed by atoms with Gasteiger partial charge in [-0.3, -0.25) is 4.79 Å². The van der Waals surface area contributed by atoms with Crippen LogP contribution in [-0.4, -0.2) is 15.9 Å². The van der Waals surface area contributed by atoms with Crippen molar-refractivity contribution in [3.05, 3.63) is 77.2 Å². The number of pyridine rings is 1. The van der Waals surface area contributed by atoms with Gasteiger partial charge >= 0.3 is 0 Å². The van der Waals surface area contributed by atoms with E-state index in [4.69, 9.17) is 5.11 Å². The first-order valence-corrected chi connectivity index (χ1v) is 8.50. The Labute approximate surface area is 174 Å². The van der Waals surface area contributed by atoms with Crippen molar-refractivity contribution in [2.45, 2.75) is 34.6 Å². The molecule has 0 spiro atoms. The summed E-state index contributed by atoms with van der Waals surface area (Å²) in [5.74, 6) is -0.0625. The Hall–Kier alpha value is -2.29. The summed E-state index contributed by atoms with van der Waals surface area (Å²) in [6.45, 7) is 9.14. The second kappa shape index (κ2) is 10.1. The van der Waals surface area contributed by atoms with Crippen LogP contribution in [-0.2, 0) is 24.9 Å². The number of fused-ring (bicyclic) bond motifs is 1. The molecule has 1 N–H and O–H groups in total. The fourth-order valence-electron chi connectivity index (χ4n) is 2.66. The van der Waals surface area contributed by atoms with Crippen LogP contribution in [0.2, 0.25) is 0 Å². The molecule has 4 heteroatoms. The van der Waals surface area contributed by atoms with Gasteiger partial charge in [-0.25, -0.2) is 0 Å². The standard InChI is InChI=1S/C18H16N.C5H8O2.Ir/c1-12-4-7-15(8-5-12)18-17-10-13(2)6-9-16(17)14(3)11-19-18;1-4(6)3-5(2)7;/h4-7,9-11H,1-3H3;3,6H,1-2H3;/q-1;;/b;4-3-;. The minimum absolute atomic E-state index is 0. The Morgan fingerprint density at radius 2 is 1.70 bits per heavy atom. The molecule has 0 aliphatic rings. The number of aryl methyl sites for hydroxylation is 3. The van der Waals surface area contributed by atoms with Crippen LogP contribution >= 0.6 is 0 Å². The number of ketones is 1. The zero-order chi connectivity index (χ0) is 19.3. The summed E-state index contributed by atoms with van der Waals surface area (Å²) in [6, 6.07) is 16.1. The molecule has 0 saturated carbocycles. The summed E-state index contributed by atoms with van der Waals surface area (Å²) < 4.78 is 0. The number of carbonyl (C=O) groups excluding carboxylic acids is 1. The van der Waals surface area contributed by atoms with Crippen LogP contribution in [0.4, 0.5) is 0 Å². The number of benzene rings is 2. The van der Waals surface area contributed by atoms with Crippen molar-refractivity contribution in [3.8, 4) is 11.3 Å². The monoisotopic (exact) mass is 539 g/mol. The third-order valence-corrected chi connectivity index (χ3v) is 3.88. The number of allylic oxidation sites excluding steroid dienone is 2. The van der Waals surface area contributed by atoms with E-state index in [1.54, 1.807) is 0 Å². The van der Waals surface area contributed by atoms with Crippen LogP contribution in [0.25, 0.3) is 22.0 Å². The van der Waals surface area contributed by atoms with E-state index >= 15 is 0 Å². The van der Waals surface area contributed by atoms with Gasteiger partial charge in [-0.1, -0.05) is 30.7 Å². The summed E-state index contributed by atoms with van der Waals surface area (Å²) in [7, 11) is 0. The van der Waals surface area contributed by atoms with E-state index in [-0.39, 0.29) is 31.6 Å². The molecule has 0 saturated heterocycles. The van der Waals surface area contributed by atoms with Crippen LogP contribution in [0.15, 0.2) is 54.4 Å². The minimum Gasteiger partial charge on any atom is -0.512 e. The van der Waals surface area contributed by atoms with E-state index in [1.165, 1.54) is 47.4 Å². The molecule has 0 bridgehead atoms. The topological polar surface area (TPSA) is 50.2 Å². The van der Waals surface area contributed by atoms with Crippen molar-refractivity contribution in [2.24, 2.45) is 0 Å². The van der Waals surface area contributed by atoms with Gasteiger partial charge in [0.2, 0.25) is 0 Å². The summed E-state index contributed by atoms with van der Waals surface area (Å²) >= 11 is 0. The molecule has 143 valence electrons. The van der Waals surface area contributed by atoms with E-state index in [0.717, 1.165) is 11.3 Å². The molecular formula is C23H24IrNO2-. The molecule has 0 aliphatic carbocycles. The Balaban J connectivity index is 0.000000395. The average molecular weight is 539 g/mol.